The van der Waals surface area contributed by atoms with Crippen LogP contribution in [0.3, 0.4) is 0 Å². The fourth-order valence-corrected chi connectivity index (χ4v) is 2.29. The SMILES string of the molecule is Cc1cccc(NCC(=O)N/N=C\c2cc(I)ccc2O)c1. The molecule has 2 aromatic rings. The highest BCUT2D eigenvalue weighted by molar-refractivity contribution is 14.1. The van der Waals surface area contributed by atoms with Gasteiger partial charge in [0.15, 0.2) is 0 Å². The third-order valence-corrected chi connectivity index (χ3v) is 3.52. The van der Waals surface area contributed by atoms with Crippen molar-refractivity contribution in [2.45, 2.75) is 6.92 Å². The Kier molecular flexibility index (Phi) is 5.76. The first-order valence-corrected chi connectivity index (χ1v) is 7.73. The molecule has 0 fully saturated rings. The predicted octanol–water partition coefficient (Wildman–Crippen LogP) is 2.87. The molecule has 0 aliphatic heterocycles. The van der Waals surface area contributed by atoms with E-state index in [0.29, 0.717) is 5.56 Å². The van der Waals surface area contributed by atoms with E-state index in [0.717, 1.165) is 14.8 Å². The molecule has 114 valence electrons. The number of anilines is 1. The number of benzene rings is 2. The Balaban J connectivity index is 1.85. The molecule has 0 saturated carbocycles. The molecule has 0 heterocycles. The Morgan fingerprint density at radius 2 is 2.14 bits per heavy atom. The van der Waals surface area contributed by atoms with Crippen LogP contribution in [0.5, 0.6) is 5.75 Å². The van der Waals surface area contributed by atoms with Crippen molar-refractivity contribution in [2.24, 2.45) is 5.10 Å². The van der Waals surface area contributed by atoms with Crippen molar-refractivity contribution in [3.05, 3.63) is 57.2 Å². The summed E-state index contributed by atoms with van der Waals surface area (Å²) in [5.74, 6) is -0.140. The maximum atomic E-state index is 11.7. The van der Waals surface area contributed by atoms with Gasteiger partial charge in [0.2, 0.25) is 0 Å². The number of hydrogen-bond acceptors (Lipinski definition) is 4. The monoisotopic (exact) mass is 409 g/mol. The fourth-order valence-electron chi connectivity index (χ4n) is 1.78. The minimum atomic E-state index is -0.261. The first kappa shape index (κ1) is 16.3. The van der Waals surface area contributed by atoms with E-state index >= 15 is 0 Å². The van der Waals surface area contributed by atoms with Gasteiger partial charge in [0.1, 0.15) is 5.75 Å². The Morgan fingerprint density at radius 1 is 1.32 bits per heavy atom. The van der Waals surface area contributed by atoms with E-state index in [9.17, 15) is 9.90 Å². The molecule has 0 spiro atoms. The van der Waals surface area contributed by atoms with Gasteiger partial charge in [-0.15, -0.1) is 0 Å². The lowest BCUT2D eigenvalue weighted by Crippen LogP contribution is -2.25. The van der Waals surface area contributed by atoms with Crippen molar-refractivity contribution >= 4 is 40.4 Å². The topological polar surface area (TPSA) is 73.7 Å². The van der Waals surface area contributed by atoms with Crippen LogP contribution in [0.4, 0.5) is 5.69 Å². The van der Waals surface area contributed by atoms with Gasteiger partial charge < -0.3 is 10.4 Å². The van der Waals surface area contributed by atoms with Gasteiger partial charge >= 0.3 is 0 Å². The van der Waals surface area contributed by atoms with Crippen molar-refractivity contribution in [2.75, 3.05) is 11.9 Å². The number of rotatable bonds is 5. The third-order valence-electron chi connectivity index (χ3n) is 2.85. The van der Waals surface area contributed by atoms with Crippen LogP contribution in [0.25, 0.3) is 0 Å². The van der Waals surface area contributed by atoms with Gasteiger partial charge in [-0.3, -0.25) is 4.79 Å². The number of phenols is 1. The zero-order valence-corrected chi connectivity index (χ0v) is 14.2. The highest BCUT2D eigenvalue weighted by atomic mass is 127. The van der Waals surface area contributed by atoms with Crippen LogP contribution in [-0.2, 0) is 4.79 Å². The Bertz CT molecular complexity index is 702. The van der Waals surface area contributed by atoms with E-state index < -0.39 is 0 Å². The van der Waals surface area contributed by atoms with Crippen molar-refractivity contribution < 1.29 is 9.90 Å². The van der Waals surface area contributed by atoms with Crippen LogP contribution in [0.2, 0.25) is 0 Å². The number of amides is 1. The smallest absolute Gasteiger partial charge is 0.259 e. The van der Waals surface area contributed by atoms with Gasteiger partial charge in [0.25, 0.3) is 5.91 Å². The standard InChI is InChI=1S/C16H16IN3O2/c1-11-3-2-4-14(7-11)18-10-16(22)20-19-9-12-8-13(17)5-6-15(12)21/h2-9,18,21H,10H2,1H3,(H,20,22)/b19-9-. The van der Waals surface area contributed by atoms with Gasteiger partial charge in [-0.25, -0.2) is 5.43 Å². The van der Waals surface area contributed by atoms with E-state index in [1.165, 1.54) is 6.21 Å². The molecule has 0 unspecified atom stereocenters. The van der Waals surface area contributed by atoms with E-state index in [1.807, 2.05) is 31.2 Å². The number of aromatic hydroxyl groups is 1. The van der Waals surface area contributed by atoms with Gasteiger partial charge in [0, 0.05) is 14.8 Å². The van der Waals surface area contributed by atoms with Crippen molar-refractivity contribution in [1.82, 2.24) is 5.43 Å². The van der Waals surface area contributed by atoms with Crippen LogP contribution in [0.15, 0.2) is 47.6 Å². The number of halogens is 1. The molecular weight excluding hydrogens is 393 g/mol. The predicted molar refractivity (Wildman–Crippen MR) is 96.2 cm³/mol. The maximum absolute atomic E-state index is 11.7. The molecule has 2 rings (SSSR count). The summed E-state index contributed by atoms with van der Waals surface area (Å²) in [6, 6.07) is 12.9. The highest BCUT2D eigenvalue weighted by Gasteiger charge is 2.01. The number of hydrogen-bond donors (Lipinski definition) is 3. The van der Waals surface area contributed by atoms with Crippen molar-refractivity contribution in [1.29, 1.82) is 0 Å². The Hall–Kier alpha value is -2.09. The highest BCUT2D eigenvalue weighted by Crippen LogP contribution is 2.17. The molecule has 2 aromatic carbocycles. The zero-order valence-electron chi connectivity index (χ0n) is 12.0. The molecular formula is C16H16IN3O2. The second kappa shape index (κ2) is 7.79. The molecule has 1 amide bonds. The summed E-state index contributed by atoms with van der Waals surface area (Å²) >= 11 is 2.14. The summed E-state index contributed by atoms with van der Waals surface area (Å²) in [5.41, 5.74) is 4.98. The fraction of sp³-hybridized carbons (Fsp3) is 0.125. The first-order valence-electron chi connectivity index (χ1n) is 6.65. The van der Waals surface area contributed by atoms with E-state index in [1.54, 1.807) is 18.2 Å². The molecule has 0 aliphatic carbocycles. The second-order valence-electron chi connectivity index (χ2n) is 4.72. The summed E-state index contributed by atoms with van der Waals surface area (Å²) < 4.78 is 0.976. The Morgan fingerprint density at radius 3 is 2.91 bits per heavy atom. The summed E-state index contributed by atoms with van der Waals surface area (Å²) in [6.45, 7) is 2.11. The molecule has 22 heavy (non-hydrogen) atoms. The van der Waals surface area contributed by atoms with Gasteiger partial charge in [-0.05, 0) is 65.4 Å². The second-order valence-corrected chi connectivity index (χ2v) is 5.96. The zero-order chi connectivity index (χ0) is 15.9. The largest absolute Gasteiger partial charge is 0.507 e. The van der Waals surface area contributed by atoms with Crippen LogP contribution in [-0.4, -0.2) is 23.8 Å². The van der Waals surface area contributed by atoms with E-state index in [4.69, 9.17) is 0 Å². The number of carbonyl (C=O) groups excluding carboxylic acids is 1. The normalized spacial score (nSPS) is 10.6. The molecule has 0 bridgehead atoms. The molecule has 3 N–H and O–H groups in total. The summed E-state index contributed by atoms with van der Waals surface area (Å²) in [5, 5.41) is 16.5. The average Bonchev–Trinajstić information content (AvgIpc) is 2.49. The summed E-state index contributed by atoms with van der Waals surface area (Å²) in [6.07, 6.45) is 1.42. The molecule has 6 heteroatoms. The summed E-state index contributed by atoms with van der Waals surface area (Å²) in [4.78, 5) is 11.7. The molecule has 0 aromatic heterocycles. The van der Waals surface area contributed by atoms with Crippen LogP contribution >= 0.6 is 22.6 Å². The molecule has 0 radical (unpaired) electrons. The van der Waals surface area contributed by atoms with Gasteiger partial charge in [-0.1, -0.05) is 12.1 Å². The maximum Gasteiger partial charge on any atom is 0.259 e. The molecule has 0 atom stereocenters. The lowest BCUT2D eigenvalue weighted by atomic mass is 10.2. The molecule has 0 aliphatic rings. The number of nitrogens with one attached hydrogen (secondary N) is 2. The molecule has 0 saturated heterocycles. The minimum absolute atomic E-state index is 0.122. The summed E-state index contributed by atoms with van der Waals surface area (Å²) in [7, 11) is 0. The average molecular weight is 409 g/mol. The quantitative estimate of drug-likeness (QED) is 0.404. The van der Waals surface area contributed by atoms with Crippen LogP contribution in [0.1, 0.15) is 11.1 Å². The number of aryl methyl sites for hydroxylation is 1. The van der Waals surface area contributed by atoms with E-state index in [2.05, 4.69) is 38.4 Å². The number of nitrogens with zero attached hydrogens (tertiary/aromatic N) is 1. The lowest BCUT2D eigenvalue weighted by molar-refractivity contribution is -0.119. The van der Waals surface area contributed by atoms with E-state index in [-0.39, 0.29) is 18.2 Å². The molecule has 5 nitrogen and oxygen atoms in total. The first-order chi connectivity index (χ1) is 10.5. The number of carbonyl (C=O) groups is 1. The van der Waals surface area contributed by atoms with Crippen LogP contribution < -0.4 is 10.7 Å². The number of hydrazone groups is 1. The Labute approximate surface area is 142 Å². The van der Waals surface area contributed by atoms with Gasteiger partial charge in [0.05, 0.1) is 12.8 Å². The van der Waals surface area contributed by atoms with Crippen molar-refractivity contribution in [3.63, 3.8) is 0 Å². The lowest BCUT2D eigenvalue weighted by Gasteiger charge is -2.06. The van der Waals surface area contributed by atoms with Gasteiger partial charge in [-0.2, -0.15) is 5.10 Å². The third kappa shape index (κ3) is 5.03. The van der Waals surface area contributed by atoms with Crippen LogP contribution in [0, 0.1) is 10.5 Å². The number of phenolic OH excluding ortho intramolecular Hbond substituents is 1. The minimum Gasteiger partial charge on any atom is -0.507 e. The van der Waals surface area contributed by atoms with Crippen molar-refractivity contribution in [3.8, 4) is 5.75 Å².